The van der Waals surface area contributed by atoms with Crippen molar-refractivity contribution in [2.24, 2.45) is 11.7 Å². The van der Waals surface area contributed by atoms with Crippen LogP contribution < -0.4 is 10.5 Å². The monoisotopic (exact) mass is 228 g/mol. The smallest absolute Gasteiger partial charge is 0.221 e. The van der Waals surface area contributed by atoms with E-state index in [4.69, 9.17) is 10.5 Å². The Hall–Kier alpha value is -1.61. The molecule has 2 aromatic rings. The van der Waals surface area contributed by atoms with E-state index in [0.29, 0.717) is 6.54 Å². The molecular weight excluding hydrogens is 212 g/mol. The zero-order chi connectivity index (χ0) is 11.7. The highest BCUT2D eigenvalue weighted by Crippen LogP contribution is 2.31. The fourth-order valence-corrected chi connectivity index (χ4v) is 1.92. The molecule has 3 rings (SSSR count). The van der Waals surface area contributed by atoms with Crippen molar-refractivity contribution in [3.05, 3.63) is 36.0 Å². The zero-order valence-corrected chi connectivity index (χ0v) is 9.73. The van der Waals surface area contributed by atoms with Crippen molar-refractivity contribution in [1.29, 1.82) is 0 Å². The van der Waals surface area contributed by atoms with Crippen molar-refractivity contribution in [3.8, 4) is 5.88 Å². The van der Waals surface area contributed by atoms with Crippen LogP contribution in [0.5, 0.6) is 5.88 Å². The molecule has 1 aromatic heterocycles. The molecule has 1 aliphatic rings. The molecule has 17 heavy (non-hydrogen) atoms. The summed E-state index contributed by atoms with van der Waals surface area (Å²) in [4.78, 5) is 4.47. The van der Waals surface area contributed by atoms with Crippen LogP contribution >= 0.6 is 0 Å². The summed E-state index contributed by atoms with van der Waals surface area (Å²) in [6, 6.07) is 10.2. The highest BCUT2D eigenvalue weighted by atomic mass is 16.5. The number of pyridine rings is 1. The molecule has 0 bridgehead atoms. The Kier molecular flexibility index (Phi) is 2.69. The van der Waals surface area contributed by atoms with Gasteiger partial charge in [-0.2, -0.15) is 0 Å². The summed E-state index contributed by atoms with van der Waals surface area (Å²) in [6.07, 6.45) is 2.57. The highest BCUT2D eigenvalue weighted by molar-refractivity contribution is 5.87. The molecule has 1 saturated carbocycles. The van der Waals surface area contributed by atoms with Crippen molar-refractivity contribution in [2.45, 2.75) is 19.4 Å². The molecule has 1 fully saturated rings. The maximum absolute atomic E-state index is 5.82. The Morgan fingerprint density at radius 1 is 1.29 bits per heavy atom. The summed E-state index contributed by atoms with van der Waals surface area (Å²) in [5, 5.41) is 2.22. The number of aromatic nitrogens is 1. The number of nitrogens with two attached hydrogens (primary N) is 1. The van der Waals surface area contributed by atoms with Gasteiger partial charge in [-0.3, -0.25) is 0 Å². The van der Waals surface area contributed by atoms with E-state index < -0.39 is 0 Å². The minimum atomic E-state index is 0.449. The van der Waals surface area contributed by atoms with Crippen LogP contribution in [-0.2, 0) is 6.54 Å². The SMILES string of the molecule is NCc1cc2ccccc2c(OCC2CC2)n1. The molecule has 0 spiro atoms. The summed E-state index contributed by atoms with van der Waals surface area (Å²) in [5.74, 6) is 1.47. The van der Waals surface area contributed by atoms with E-state index in [0.717, 1.165) is 34.9 Å². The van der Waals surface area contributed by atoms with Crippen LogP contribution in [0, 0.1) is 5.92 Å². The average molecular weight is 228 g/mol. The lowest BCUT2D eigenvalue weighted by molar-refractivity contribution is 0.291. The molecule has 1 aromatic carbocycles. The van der Waals surface area contributed by atoms with Gasteiger partial charge in [-0.1, -0.05) is 18.2 Å². The van der Waals surface area contributed by atoms with Crippen LogP contribution in [0.25, 0.3) is 10.8 Å². The van der Waals surface area contributed by atoms with E-state index in [1.54, 1.807) is 0 Å². The molecule has 0 aliphatic heterocycles. The molecule has 1 heterocycles. The van der Waals surface area contributed by atoms with Crippen LogP contribution in [0.4, 0.5) is 0 Å². The average Bonchev–Trinajstić information content (AvgIpc) is 3.19. The fraction of sp³-hybridized carbons (Fsp3) is 0.357. The maximum Gasteiger partial charge on any atom is 0.221 e. The molecule has 0 radical (unpaired) electrons. The maximum atomic E-state index is 5.82. The standard InChI is InChI=1S/C14H16N2O/c15-8-12-7-11-3-1-2-4-13(11)14(16-12)17-9-10-5-6-10/h1-4,7,10H,5-6,8-9,15H2. The Balaban J connectivity index is 1.99. The van der Waals surface area contributed by atoms with Gasteiger partial charge in [0.25, 0.3) is 0 Å². The number of ether oxygens (including phenoxy) is 1. The second-order valence-electron chi connectivity index (χ2n) is 4.60. The molecular formula is C14H16N2O. The van der Waals surface area contributed by atoms with Gasteiger partial charge in [-0.25, -0.2) is 4.98 Å². The van der Waals surface area contributed by atoms with E-state index in [2.05, 4.69) is 11.1 Å². The van der Waals surface area contributed by atoms with Crippen LogP contribution in [-0.4, -0.2) is 11.6 Å². The molecule has 0 atom stereocenters. The van der Waals surface area contributed by atoms with Crippen molar-refractivity contribution in [1.82, 2.24) is 4.98 Å². The van der Waals surface area contributed by atoms with Crippen LogP contribution in [0.15, 0.2) is 30.3 Å². The Bertz CT molecular complexity index is 535. The second kappa shape index (κ2) is 4.34. The second-order valence-corrected chi connectivity index (χ2v) is 4.60. The first kappa shape index (κ1) is 10.5. The summed E-state index contributed by atoms with van der Waals surface area (Å²) in [6.45, 7) is 1.23. The number of nitrogens with zero attached hydrogens (tertiary/aromatic N) is 1. The predicted octanol–water partition coefficient (Wildman–Crippen LogP) is 2.48. The lowest BCUT2D eigenvalue weighted by atomic mass is 10.1. The zero-order valence-electron chi connectivity index (χ0n) is 9.73. The normalized spacial score (nSPS) is 15.1. The molecule has 1 aliphatic carbocycles. The first-order valence-corrected chi connectivity index (χ1v) is 6.08. The quantitative estimate of drug-likeness (QED) is 0.874. The minimum absolute atomic E-state index is 0.449. The van der Waals surface area contributed by atoms with Gasteiger partial charge in [-0.05, 0) is 36.3 Å². The van der Waals surface area contributed by atoms with Gasteiger partial charge >= 0.3 is 0 Å². The number of fused-ring (bicyclic) bond motifs is 1. The van der Waals surface area contributed by atoms with Gasteiger partial charge in [0.05, 0.1) is 12.3 Å². The van der Waals surface area contributed by atoms with Gasteiger partial charge in [0.1, 0.15) is 0 Å². The van der Waals surface area contributed by atoms with Gasteiger partial charge in [0, 0.05) is 11.9 Å². The molecule has 0 unspecified atom stereocenters. The van der Waals surface area contributed by atoms with Gasteiger partial charge < -0.3 is 10.5 Å². The summed E-state index contributed by atoms with van der Waals surface area (Å²) in [5.41, 5.74) is 6.54. The Morgan fingerprint density at radius 2 is 2.12 bits per heavy atom. The third-order valence-electron chi connectivity index (χ3n) is 3.12. The molecule has 0 amide bonds. The predicted molar refractivity (Wildman–Crippen MR) is 67.9 cm³/mol. The molecule has 2 N–H and O–H groups in total. The number of rotatable bonds is 4. The first-order chi connectivity index (χ1) is 8.36. The summed E-state index contributed by atoms with van der Waals surface area (Å²) < 4.78 is 5.82. The van der Waals surface area contributed by atoms with E-state index in [9.17, 15) is 0 Å². The van der Waals surface area contributed by atoms with Crippen molar-refractivity contribution < 1.29 is 4.74 Å². The third kappa shape index (κ3) is 2.24. The van der Waals surface area contributed by atoms with Crippen molar-refractivity contribution in [2.75, 3.05) is 6.61 Å². The number of hydrogen-bond donors (Lipinski definition) is 1. The third-order valence-corrected chi connectivity index (χ3v) is 3.12. The van der Waals surface area contributed by atoms with E-state index in [1.807, 2.05) is 24.3 Å². The lowest BCUT2D eigenvalue weighted by Crippen LogP contribution is -2.05. The number of benzene rings is 1. The molecule has 3 nitrogen and oxygen atoms in total. The minimum Gasteiger partial charge on any atom is -0.477 e. The lowest BCUT2D eigenvalue weighted by Gasteiger charge is -2.09. The molecule has 88 valence electrons. The summed E-state index contributed by atoms with van der Waals surface area (Å²) in [7, 11) is 0. The largest absolute Gasteiger partial charge is 0.477 e. The van der Waals surface area contributed by atoms with Gasteiger partial charge in [-0.15, -0.1) is 0 Å². The van der Waals surface area contributed by atoms with Crippen LogP contribution in [0.2, 0.25) is 0 Å². The van der Waals surface area contributed by atoms with Crippen molar-refractivity contribution in [3.63, 3.8) is 0 Å². The Morgan fingerprint density at radius 3 is 2.88 bits per heavy atom. The van der Waals surface area contributed by atoms with E-state index >= 15 is 0 Å². The van der Waals surface area contributed by atoms with Crippen LogP contribution in [0.1, 0.15) is 18.5 Å². The molecule has 0 saturated heterocycles. The fourth-order valence-electron chi connectivity index (χ4n) is 1.92. The Labute approximate surface area is 101 Å². The van der Waals surface area contributed by atoms with Gasteiger partial charge in [0.2, 0.25) is 5.88 Å². The van der Waals surface area contributed by atoms with E-state index in [-0.39, 0.29) is 0 Å². The van der Waals surface area contributed by atoms with E-state index in [1.165, 1.54) is 12.8 Å². The summed E-state index contributed by atoms with van der Waals surface area (Å²) >= 11 is 0. The highest BCUT2D eigenvalue weighted by Gasteiger charge is 2.22. The number of hydrogen-bond acceptors (Lipinski definition) is 3. The van der Waals surface area contributed by atoms with Gasteiger partial charge in [0.15, 0.2) is 0 Å². The topological polar surface area (TPSA) is 48.1 Å². The first-order valence-electron chi connectivity index (χ1n) is 6.08. The molecule has 3 heteroatoms. The van der Waals surface area contributed by atoms with Crippen molar-refractivity contribution >= 4 is 10.8 Å². The van der Waals surface area contributed by atoms with Crippen LogP contribution in [0.3, 0.4) is 0 Å².